The van der Waals surface area contributed by atoms with Gasteiger partial charge < -0.3 is 19.4 Å². The van der Waals surface area contributed by atoms with Crippen molar-refractivity contribution in [2.75, 3.05) is 0 Å². The number of rotatable bonds is 34. The SMILES string of the molecule is CCCCCCCCCCCCCCCCCCCC=CC1=C(c2cccc(CCCC)c2)[N+](=[N-])C(c2cccc(CCCC)c2)=C1CCCCCCCC.[CH2-]C.[CH2-]C.[Ni+2]. The third-order valence-corrected chi connectivity index (χ3v) is 11.9. The fourth-order valence-corrected chi connectivity index (χ4v) is 8.41. The molecule has 1 heterocycles. The number of unbranched alkanes of at least 4 members (excludes halogenated alkanes) is 24. The minimum Gasteiger partial charge on any atom is -0.493 e. The molecule has 0 saturated heterocycles. The molecule has 0 amide bonds. The summed E-state index contributed by atoms with van der Waals surface area (Å²) in [5.41, 5.74) is 21.8. The first kappa shape index (κ1) is 57.8. The van der Waals surface area contributed by atoms with Crippen molar-refractivity contribution >= 4 is 11.4 Å². The minimum atomic E-state index is 0. The Hall–Kier alpha value is -2.25. The fourth-order valence-electron chi connectivity index (χ4n) is 8.41. The zero-order valence-electron chi connectivity index (χ0n) is 40.3. The Balaban J connectivity index is 0.00000675. The molecule has 342 valence electrons. The number of benzene rings is 2. The van der Waals surface area contributed by atoms with Crippen LogP contribution in [0.25, 0.3) is 16.9 Å². The Kier molecular flexibility index (Phi) is 39.3. The molecule has 0 aromatic heterocycles. The molecule has 0 spiro atoms. The summed E-state index contributed by atoms with van der Waals surface area (Å²) in [5, 5.41) is 0. The van der Waals surface area contributed by atoms with Gasteiger partial charge in [0.1, 0.15) is 0 Å². The normalized spacial score (nSPS) is 12.4. The van der Waals surface area contributed by atoms with E-state index in [1.165, 1.54) is 189 Å². The molecule has 0 bridgehead atoms. The standard InChI is InChI=1S/C53H84N2.2C2H5.Ni/c1-5-9-13-15-17-18-19-20-21-22-23-24-25-26-27-28-29-31-33-43-51-50(42-32-30-16-14-10-6-2)52(48-40-34-38-46(44-48)36-11-7-3)55(54)53(51)49-41-35-39-47(45-49)37-12-8-4;2*1-2;/h33-35,38-41,43-45H,5-32,36-37,42H2,1-4H3;2*1H2,2H3;/q;2*-1;+2. The van der Waals surface area contributed by atoms with Crippen molar-refractivity contribution in [1.29, 1.82) is 0 Å². The van der Waals surface area contributed by atoms with Gasteiger partial charge in [0.15, 0.2) is 0 Å². The number of nitrogens with zero attached hydrogens (tertiary/aromatic N) is 2. The quantitative estimate of drug-likeness (QED) is 0.0290. The molecule has 0 aliphatic carbocycles. The van der Waals surface area contributed by atoms with Gasteiger partial charge in [0.05, 0.1) is 5.57 Å². The number of hydrogen-bond donors (Lipinski definition) is 0. The maximum atomic E-state index is 12.2. The predicted octanol–water partition coefficient (Wildman–Crippen LogP) is 19.6. The maximum absolute atomic E-state index is 12.2. The first-order valence-electron chi connectivity index (χ1n) is 25.4. The van der Waals surface area contributed by atoms with E-state index >= 15 is 0 Å². The predicted molar refractivity (Wildman–Crippen MR) is 266 cm³/mol. The average molecular weight is 866 g/mol. The van der Waals surface area contributed by atoms with E-state index in [-0.39, 0.29) is 16.5 Å². The molecule has 0 saturated carbocycles. The number of aryl methyl sites for hydroxylation is 2. The Morgan fingerprint density at radius 2 is 0.817 bits per heavy atom. The fraction of sp³-hybridized carbons (Fsp3) is 0.649. The van der Waals surface area contributed by atoms with E-state index in [1.807, 2.05) is 0 Å². The second kappa shape index (κ2) is 40.8. The molecule has 60 heavy (non-hydrogen) atoms. The molecule has 0 N–H and O–H groups in total. The van der Waals surface area contributed by atoms with Crippen molar-refractivity contribution in [2.45, 2.75) is 241 Å². The van der Waals surface area contributed by atoms with Gasteiger partial charge in [-0.2, -0.15) is 13.8 Å². The van der Waals surface area contributed by atoms with Crippen LogP contribution in [0, 0.1) is 13.8 Å². The van der Waals surface area contributed by atoms with E-state index in [4.69, 9.17) is 0 Å². The largest absolute Gasteiger partial charge is 2.00 e. The van der Waals surface area contributed by atoms with Crippen LogP contribution in [0.3, 0.4) is 0 Å². The Labute approximate surface area is 384 Å². The van der Waals surface area contributed by atoms with Gasteiger partial charge in [0, 0.05) is 16.7 Å². The van der Waals surface area contributed by atoms with Crippen molar-refractivity contribution in [1.82, 2.24) is 0 Å². The van der Waals surface area contributed by atoms with E-state index in [1.54, 1.807) is 18.5 Å². The molecule has 1 aliphatic rings. The smallest absolute Gasteiger partial charge is 0.493 e. The van der Waals surface area contributed by atoms with Crippen LogP contribution in [0.15, 0.2) is 71.8 Å². The van der Waals surface area contributed by atoms with Crippen LogP contribution in [-0.4, -0.2) is 4.70 Å². The molecule has 0 fully saturated rings. The van der Waals surface area contributed by atoms with Crippen molar-refractivity contribution in [3.63, 3.8) is 0 Å². The topological polar surface area (TPSA) is 25.3 Å². The van der Waals surface area contributed by atoms with Crippen molar-refractivity contribution in [3.8, 4) is 0 Å². The molecule has 0 unspecified atom stereocenters. The first-order chi connectivity index (χ1) is 29.1. The van der Waals surface area contributed by atoms with Gasteiger partial charge in [-0.3, -0.25) is 0 Å². The van der Waals surface area contributed by atoms with Crippen LogP contribution < -0.4 is 0 Å². The monoisotopic (exact) mass is 865 g/mol. The van der Waals surface area contributed by atoms with Gasteiger partial charge in [-0.25, -0.2) is 4.70 Å². The van der Waals surface area contributed by atoms with E-state index < -0.39 is 0 Å². The number of hydrogen-bond acceptors (Lipinski definition) is 0. The summed E-state index contributed by atoms with van der Waals surface area (Å²) in [6, 6.07) is 18.0. The summed E-state index contributed by atoms with van der Waals surface area (Å²) in [7, 11) is 0. The van der Waals surface area contributed by atoms with Gasteiger partial charge in [0.2, 0.25) is 11.4 Å². The minimum absolute atomic E-state index is 0. The van der Waals surface area contributed by atoms with Crippen molar-refractivity contribution < 1.29 is 21.2 Å². The summed E-state index contributed by atoms with van der Waals surface area (Å²) in [4.78, 5) is 0. The summed E-state index contributed by atoms with van der Waals surface area (Å²) < 4.78 is 1.57. The van der Waals surface area contributed by atoms with Gasteiger partial charge in [-0.15, -0.1) is 0 Å². The number of allylic oxidation sites excluding steroid dienone is 4. The summed E-state index contributed by atoms with van der Waals surface area (Å²) in [6.07, 6.45) is 45.4. The summed E-state index contributed by atoms with van der Waals surface area (Å²) >= 11 is 0. The van der Waals surface area contributed by atoms with E-state index in [2.05, 4.69) is 102 Å². The molecule has 3 heteroatoms. The van der Waals surface area contributed by atoms with Gasteiger partial charge in [0.25, 0.3) is 0 Å². The van der Waals surface area contributed by atoms with Gasteiger partial charge >= 0.3 is 16.5 Å². The average Bonchev–Trinajstić information content (AvgIpc) is 3.55. The third kappa shape index (κ3) is 24.4. The maximum Gasteiger partial charge on any atom is 2.00 e. The van der Waals surface area contributed by atoms with Crippen molar-refractivity contribution in [3.05, 3.63) is 113 Å². The van der Waals surface area contributed by atoms with E-state index in [0.29, 0.717) is 0 Å². The molecule has 0 atom stereocenters. The first-order valence-corrected chi connectivity index (χ1v) is 25.4. The van der Waals surface area contributed by atoms with Crippen LogP contribution in [0.2, 0.25) is 0 Å². The van der Waals surface area contributed by atoms with Crippen LogP contribution in [0.5, 0.6) is 0 Å². The Morgan fingerprint density at radius 3 is 1.23 bits per heavy atom. The molecular formula is C57H94N2Ni. The second-order valence-electron chi connectivity index (χ2n) is 16.9. The van der Waals surface area contributed by atoms with Gasteiger partial charge in [-0.05, 0) is 86.8 Å². The second-order valence-corrected chi connectivity index (χ2v) is 16.9. The zero-order chi connectivity index (χ0) is 43.2. The third-order valence-electron chi connectivity index (χ3n) is 11.9. The van der Waals surface area contributed by atoms with Crippen LogP contribution in [0.4, 0.5) is 0 Å². The summed E-state index contributed by atoms with van der Waals surface area (Å²) in [6.45, 7) is 19.1. The van der Waals surface area contributed by atoms with Crippen molar-refractivity contribution in [2.24, 2.45) is 0 Å². The molecule has 2 aromatic carbocycles. The molecular weight excluding hydrogens is 771 g/mol. The van der Waals surface area contributed by atoms with E-state index in [9.17, 15) is 5.53 Å². The molecule has 1 aliphatic heterocycles. The summed E-state index contributed by atoms with van der Waals surface area (Å²) in [5.74, 6) is 0. The van der Waals surface area contributed by atoms with Crippen LogP contribution >= 0.6 is 0 Å². The molecule has 2 aromatic rings. The molecule has 0 radical (unpaired) electrons. The molecule has 2 nitrogen and oxygen atoms in total. The molecule has 3 rings (SSSR count). The van der Waals surface area contributed by atoms with Crippen LogP contribution in [0.1, 0.15) is 250 Å². The van der Waals surface area contributed by atoms with E-state index in [0.717, 1.165) is 54.6 Å². The van der Waals surface area contributed by atoms with Crippen LogP contribution in [-0.2, 0) is 29.3 Å². The Bertz CT molecular complexity index is 1410. The van der Waals surface area contributed by atoms with Gasteiger partial charge in [-0.1, -0.05) is 212 Å². The Morgan fingerprint density at radius 1 is 0.450 bits per heavy atom. The zero-order valence-corrected chi connectivity index (χ0v) is 41.3.